The van der Waals surface area contributed by atoms with Crippen LogP contribution < -0.4 is 10.6 Å². The number of hydrogen-bond acceptors (Lipinski definition) is 2. The number of carbonyl (C=O) groups excluding carboxylic acids is 1. The van der Waals surface area contributed by atoms with Crippen LogP contribution in [0.25, 0.3) is 0 Å². The highest BCUT2D eigenvalue weighted by Gasteiger charge is 2.05. The zero-order chi connectivity index (χ0) is 15.8. The Morgan fingerprint density at radius 1 is 1.05 bits per heavy atom. The molecule has 0 bridgehead atoms. The minimum Gasteiger partial charge on any atom is -0.376 e. The molecule has 0 aliphatic rings. The Morgan fingerprint density at radius 3 is 2.45 bits per heavy atom. The maximum atomic E-state index is 13.4. The molecule has 22 heavy (non-hydrogen) atoms. The van der Waals surface area contributed by atoms with E-state index in [0.717, 1.165) is 12.1 Å². The summed E-state index contributed by atoms with van der Waals surface area (Å²) in [5.74, 6) is -0.325. The summed E-state index contributed by atoms with van der Waals surface area (Å²) < 4.78 is 13.4. The average molecular weight is 300 g/mol. The van der Waals surface area contributed by atoms with E-state index in [1.165, 1.54) is 11.6 Å². The SMILES string of the molecule is CCc1ccccc1NCC(=O)NCCc1ccccc1F. The van der Waals surface area contributed by atoms with E-state index in [1.54, 1.807) is 18.2 Å². The van der Waals surface area contributed by atoms with Crippen LogP contribution in [0.5, 0.6) is 0 Å². The summed E-state index contributed by atoms with van der Waals surface area (Å²) in [6.07, 6.45) is 1.40. The van der Waals surface area contributed by atoms with E-state index in [9.17, 15) is 9.18 Å². The van der Waals surface area contributed by atoms with Gasteiger partial charge < -0.3 is 10.6 Å². The molecule has 0 atom stereocenters. The smallest absolute Gasteiger partial charge is 0.239 e. The van der Waals surface area contributed by atoms with Crippen molar-refractivity contribution in [1.29, 1.82) is 0 Å². The molecule has 0 spiro atoms. The van der Waals surface area contributed by atoms with Crippen LogP contribution in [0.4, 0.5) is 10.1 Å². The highest BCUT2D eigenvalue weighted by molar-refractivity contribution is 5.80. The molecule has 2 rings (SSSR count). The van der Waals surface area contributed by atoms with Gasteiger partial charge in [-0.05, 0) is 36.1 Å². The molecule has 4 heteroatoms. The molecule has 1 amide bonds. The van der Waals surface area contributed by atoms with Gasteiger partial charge in [-0.25, -0.2) is 4.39 Å². The minimum atomic E-state index is -0.230. The third kappa shape index (κ3) is 4.58. The van der Waals surface area contributed by atoms with Crippen molar-refractivity contribution >= 4 is 11.6 Å². The quantitative estimate of drug-likeness (QED) is 0.824. The van der Waals surface area contributed by atoms with Crippen molar-refractivity contribution < 1.29 is 9.18 Å². The Kier molecular flexibility index (Phi) is 5.95. The van der Waals surface area contributed by atoms with Crippen LogP contribution in [0.2, 0.25) is 0 Å². The van der Waals surface area contributed by atoms with Gasteiger partial charge in [0.15, 0.2) is 0 Å². The summed E-state index contributed by atoms with van der Waals surface area (Å²) in [5.41, 5.74) is 2.78. The molecule has 2 aromatic rings. The molecule has 0 heterocycles. The lowest BCUT2D eigenvalue weighted by atomic mass is 10.1. The minimum absolute atomic E-state index is 0.0951. The number of amides is 1. The molecular formula is C18H21FN2O. The van der Waals surface area contributed by atoms with Crippen LogP contribution >= 0.6 is 0 Å². The van der Waals surface area contributed by atoms with Crippen LogP contribution in [0.1, 0.15) is 18.1 Å². The van der Waals surface area contributed by atoms with Gasteiger partial charge in [-0.1, -0.05) is 43.3 Å². The van der Waals surface area contributed by atoms with Gasteiger partial charge in [0, 0.05) is 12.2 Å². The molecule has 0 aliphatic heterocycles. The predicted molar refractivity (Wildman–Crippen MR) is 87.4 cm³/mol. The van der Waals surface area contributed by atoms with Gasteiger partial charge in [0.25, 0.3) is 0 Å². The van der Waals surface area contributed by atoms with Crippen LogP contribution in [0, 0.1) is 5.82 Å². The van der Waals surface area contributed by atoms with Crippen molar-refractivity contribution in [3.8, 4) is 0 Å². The lowest BCUT2D eigenvalue weighted by molar-refractivity contribution is -0.119. The molecule has 0 unspecified atom stereocenters. The van der Waals surface area contributed by atoms with Crippen LogP contribution in [0.3, 0.4) is 0 Å². The fourth-order valence-corrected chi connectivity index (χ4v) is 2.28. The van der Waals surface area contributed by atoms with Crippen molar-refractivity contribution in [3.05, 3.63) is 65.5 Å². The third-order valence-corrected chi connectivity index (χ3v) is 3.51. The Hall–Kier alpha value is -2.36. The average Bonchev–Trinajstić information content (AvgIpc) is 2.55. The molecule has 0 radical (unpaired) electrons. The lowest BCUT2D eigenvalue weighted by Crippen LogP contribution is -2.31. The van der Waals surface area contributed by atoms with Gasteiger partial charge in [0.05, 0.1) is 6.54 Å². The number of para-hydroxylation sites is 1. The second-order valence-corrected chi connectivity index (χ2v) is 5.06. The van der Waals surface area contributed by atoms with Crippen LogP contribution in [-0.2, 0) is 17.6 Å². The Balaban J connectivity index is 1.75. The standard InChI is InChI=1S/C18H21FN2O/c1-2-14-7-4-6-10-17(14)21-13-18(22)20-12-11-15-8-3-5-9-16(15)19/h3-10,21H,2,11-13H2,1H3,(H,20,22). The molecule has 116 valence electrons. The van der Waals surface area contributed by atoms with E-state index < -0.39 is 0 Å². The number of rotatable bonds is 7. The summed E-state index contributed by atoms with van der Waals surface area (Å²) in [4.78, 5) is 11.8. The summed E-state index contributed by atoms with van der Waals surface area (Å²) in [5, 5.41) is 5.94. The first-order valence-electron chi connectivity index (χ1n) is 7.52. The fraction of sp³-hybridized carbons (Fsp3) is 0.278. The molecule has 0 saturated carbocycles. The largest absolute Gasteiger partial charge is 0.376 e. The van der Waals surface area contributed by atoms with Gasteiger partial charge >= 0.3 is 0 Å². The first-order chi connectivity index (χ1) is 10.7. The molecule has 0 fully saturated rings. The summed E-state index contributed by atoms with van der Waals surface area (Å²) in [6, 6.07) is 14.5. The number of halogens is 1. The monoisotopic (exact) mass is 300 g/mol. The second-order valence-electron chi connectivity index (χ2n) is 5.06. The number of nitrogens with one attached hydrogen (secondary N) is 2. The van der Waals surface area contributed by atoms with E-state index in [0.29, 0.717) is 18.5 Å². The molecule has 0 aromatic heterocycles. The van der Waals surface area contributed by atoms with Gasteiger partial charge in [-0.15, -0.1) is 0 Å². The summed E-state index contributed by atoms with van der Waals surface area (Å²) in [7, 11) is 0. The number of hydrogen-bond donors (Lipinski definition) is 2. The molecular weight excluding hydrogens is 279 g/mol. The molecule has 3 nitrogen and oxygen atoms in total. The number of anilines is 1. The van der Waals surface area contributed by atoms with Crippen LogP contribution in [-0.4, -0.2) is 19.0 Å². The van der Waals surface area contributed by atoms with Gasteiger partial charge in [-0.3, -0.25) is 4.79 Å². The van der Waals surface area contributed by atoms with Crippen molar-refractivity contribution in [2.75, 3.05) is 18.4 Å². The third-order valence-electron chi connectivity index (χ3n) is 3.51. The summed E-state index contributed by atoms with van der Waals surface area (Å²) >= 11 is 0. The number of benzene rings is 2. The fourth-order valence-electron chi connectivity index (χ4n) is 2.28. The Morgan fingerprint density at radius 2 is 1.73 bits per heavy atom. The molecule has 0 aliphatic carbocycles. The van der Waals surface area contributed by atoms with E-state index in [1.807, 2.05) is 24.3 Å². The first-order valence-corrected chi connectivity index (χ1v) is 7.52. The van der Waals surface area contributed by atoms with E-state index in [2.05, 4.69) is 17.6 Å². The Labute approximate surface area is 130 Å². The first kappa shape index (κ1) is 16.0. The lowest BCUT2D eigenvalue weighted by Gasteiger charge is -2.11. The summed E-state index contributed by atoms with van der Waals surface area (Å²) in [6.45, 7) is 2.72. The zero-order valence-electron chi connectivity index (χ0n) is 12.7. The van der Waals surface area contributed by atoms with Crippen molar-refractivity contribution in [2.24, 2.45) is 0 Å². The zero-order valence-corrected chi connectivity index (χ0v) is 12.7. The molecule has 2 aromatic carbocycles. The van der Waals surface area contributed by atoms with Crippen molar-refractivity contribution in [3.63, 3.8) is 0 Å². The van der Waals surface area contributed by atoms with E-state index in [4.69, 9.17) is 0 Å². The maximum Gasteiger partial charge on any atom is 0.239 e. The highest BCUT2D eigenvalue weighted by atomic mass is 19.1. The number of carbonyl (C=O) groups is 1. The predicted octanol–water partition coefficient (Wildman–Crippen LogP) is 3.16. The number of aryl methyl sites for hydroxylation is 1. The van der Waals surface area contributed by atoms with E-state index >= 15 is 0 Å². The molecule has 0 saturated heterocycles. The van der Waals surface area contributed by atoms with Crippen molar-refractivity contribution in [1.82, 2.24) is 5.32 Å². The molecule has 2 N–H and O–H groups in total. The Bertz CT molecular complexity index is 628. The highest BCUT2D eigenvalue weighted by Crippen LogP contribution is 2.14. The van der Waals surface area contributed by atoms with Gasteiger partial charge in [-0.2, -0.15) is 0 Å². The normalized spacial score (nSPS) is 10.3. The van der Waals surface area contributed by atoms with E-state index in [-0.39, 0.29) is 18.3 Å². The van der Waals surface area contributed by atoms with Gasteiger partial charge in [0.1, 0.15) is 5.82 Å². The second kappa shape index (κ2) is 8.17. The van der Waals surface area contributed by atoms with Crippen LogP contribution in [0.15, 0.2) is 48.5 Å². The maximum absolute atomic E-state index is 13.4. The topological polar surface area (TPSA) is 41.1 Å². The van der Waals surface area contributed by atoms with Gasteiger partial charge in [0.2, 0.25) is 5.91 Å². The van der Waals surface area contributed by atoms with Crippen molar-refractivity contribution in [2.45, 2.75) is 19.8 Å².